The maximum Gasteiger partial charge on any atom is 0.243 e. The normalized spacial score (nSPS) is 14.9. The average Bonchev–Trinajstić information content (AvgIpc) is 3.35. The molecule has 9 heteroatoms. The summed E-state index contributed by atoms with van der Waals surface area (Å²) < 4.78 is 40.4. The van der Waals surface area contributed by atoms with Crippen molar-refractivity contribution in [1.82, 2.24) is 14.1 Å². The quantitative estimate of drug-likeness (QED) is 0.341. The molecular formula is C31H41N3O5S. The van der Waals surface area contributed by atoms with Crippen molar-refractivity contribution in [3.63, 3.8) is 0 Å². The summed E-state index contributed by atoms with van der Waals surface area (Å²) in [7, 11) is -3.93. The lowest BCUT2D eigenvalue weighted by atomic mass is 9.87. The molecule has 3 aromatic rings. The first-order chi connectivity index (χ1) is 19.0. The van der Waals surface area contributed by atoms with Gasteiger partial charge in [-0.2, -0.15) is 4.31 Å². The second-order valence-corrected chi connectivity index (χ2v) is 13.3. The Bertz CT molecular complexity index is 1340. The number of morpholine rings is 1. The standard InChI is InChI=1S/C31H41N3O5S/c1-25-10-13-28(39-25)23-33(22-26-8-6-5-7-9-26)30(35)24-34(17-16-32-18-20-38-21-19-32)40(36,37)29-14-11-27(12-15-29)31(2,3)4/h5-15H,16-24H2,1-4H3. The van der Waals surface area contributed by atoms with Crippen LogP contribution in [-0.4, -0.2) is 74.4 Å². The molecular weight excluding hydrogens is 526 g/mol. The van der Waals surface area contributed by atoms with Crippen molar-refractivity contribution in [3.05, 3.63) is 89.4 Å². The Morgan fingerprint density at radius 1 is 0.925 bits per heavy atom. The van der Waals surface area contributed by atoms with E-state index in [0.717, 1.165) is 30.0 Å². The number of nitrogens with zero attached hydrogens (tertiary/aromatic N) is 3. The fraction of sp³-hybridized carbons (Fsp3) is 0.452. The number of carbonyl (C=O) groups excluding carboxylic acids is 1. The van der Waals surface area contributed by atoms with Crippen LogP contribution in [0.4, 0.5) is 0 Å². The van der Waals surface area contributed by atoms with Gasteiger partial charge in [0.05, 0.1) is 31.2 Å². The number of amides is 1. The maximum absolute atomic E-state index is 13.9. The van der Waals surface area contributed by atoms with E-state index in [9.17, 15) is 13.2 Å². The fourth-order valence-corrected chi connectivity index (χ4v) is 6.06. The van der Waals surface area contributed by atoms with Gasteiger partial charge >= 0.3 is 0 Å². The molecule has 0 radical (unpaired) electrons. The van der Waals surface area contributed by atoms with E-state index >= 15 is 0 Å². The lowest BCUT2D eigenvalue weighted by molar-refractivity contribution is -0.133. The first kappa shape index (κ1) is 30.0. The first-order valence-corrected chi connectivity index (χ1v) is 15.2. The number of rotatable bonds is 11. The number of aryl methyl sites for hydroxylation is 1. The van der Waals surface area contributed by atoms with Gasteiger partial charge in [-0.1, -0.05) is 63.2 Å². The van der Waals surface area contributed by atoms with Gasteiger partial charge in [0.2, 0.25) is 15.9 Å². The molecule has 1 fully saturated rings. The van der Waals surface area contributed by atoms with Crippen LogP contribution in [0.5, 0.6) is 0 Å². The third kappa shape index (κ3) is 8.04. The zero-order valence-corrected chi connectivity index (χ0v) is 24.8. The summed E-state index contributed by atoms with van der Waals surface area (Å²) in [5.74, 6) is 1.13. The number of carbonyl (C=O) groups is 1. The molecule has 216 valence electrons. The van der Waals surface area contributed by atoms with E-state index in [-0.39, 0.29) is 35.9 Å². The largest absolute Gasteiger partial charge is 0.464 e. The van der Waals surface area contributed by atoms with Crippen molar-refractivity contribution in [2.45, 2.75) is 51.1 Å². The van der Waals surface area contributed by atoms with Crippen molar-refractivity contribution in [1.29, 1.82) is 0 Å². The smallest absolute Gasteiger partial charge is 0.243 e. The molecule has 0 N–H and O–H groups in total. The molecule has 0 unspecified atom stereocenters. The van der Waals surface area contributed by atoms with Gasteiger partial charge in [0, 0.05) is 32.7 Å². The zero-order valence-electron chi connectivity index (χ0n) is 24.0. The third-order valence-electron chi connectivity index (χ3n) is 7.15. The first-order valence-electron chi connectivity index (χ1n) is 13.8. The minimum Gasteiger partial charge on any atom is -0.464 e. The van der Waals surface area contributed by atoms with Crippen LogP contribution in [0.2, 0.25) is 0 Å². The van der Waals surface area contributed by atoms with E-state index in [4.69, 9.17) is 9.15 Å². The molecule has 1 saturated heterocycles. The minimum atomic E-state index is -3.93. The monoisotopic (exact) mass is 567 g/mol. The molecule has 0 atom stereocenters. The molecule has 8 nitrogen and oxygen atoms in total. The van der Waals surface area contributed by atoms with E-state index < -0.39 is 10.0 Å². The van der Waals surface area contributed by atoms with Gasteiger partial charge in [0.1, 0.15) is 11.5 Å². The van der Waals surface area contributed by atoms with Crippen LogP contribution in [-0.2, 0) is 38.1 Å². The van der Waals surface area contributed by atoms with E-state index in [2.05, 4.69) is 25.7 Å². The number of hydrogen-bond acceptors (Lipinski definition) is 6. The van der Waals surface area contributed by atoms with E-state index in [1.165, 1.54) is 4.31 Å². The van der Waals surface area contributed by atoms with Gasteiger partial charge in [0.15, 0.2) is 0 Å². The Hall–Kier alpha value is -2.98. The van der Waals surface area contributed by atoms with E-state index in [1.807, 2.05) is 61.5 Å². The van der Waals surface area contributed by atoms with Crippen LogP contribution in [0.25, 0.3) is 0 Å². The highest BCUT2D eigenvalue weighted by Crippen LogP contribution is 2.25. The van der Waals surface area contributed by atoms with Crippen LogP contribution in [0, 0.1) is 6.92 Å². The molecule has 1 aliphatic rings. The van der Waals surface area contributed by atoms with Gasteiger partial charge in [-0.25, -0.2) is 8.42 Å². The van der Waals surface area contributed by atoms with Crippen LogP contribution in [0.3, 0.4) is 0 Å². The molecule has 1 amide bonds. The molecule has 0 spiro atoms. The van der Waals surface area contributed by atoms with Crippen molar-refractivity contribution >= 4 is 15.9 Å². The summed E-state index contributed by atoms with van der Waals surface area (Å²) in [5, 5.41) is 0. The van der Waals surface area contributed by atoms with E-state index in [0.29, 0.717) is 32.1 Å². The van der Waals surface area contributed by atoms with E-state index in [1.54, 1.807) is 17.0 Å². The Morgan fingerprint density at radius 3 is 2.20 bits per heavy atom. The van der Waals surface area contributed by atoms with Gasteiger partial charge in [-0.05, 0) is 47.7 Å². The Morgan fingerprint density at radius 2 is 1.60 bits per heavy atom. The molecule has 2 aromatic carbocycles. The predicted octanol–water partition coefficient (Wildman–Crippen LogP) is 4.44. The summed E-state index contributed by atoms with van der Waals surface area (Å²) in [4.78, 5) is 17.8. The zero-order chi connectivity index (χ0) is 28.8. The van der Waals surface area contributed by atoms with Gasteiger partial charge in [-0.3, -0.25) is 9.69 Å². The summed E-state index contributed by atoms with van der Waals surface area (Å²) in [6, 6.07) is 20.4. The topological polar surface area (TPSA) is 83.3 Å². The van der Waals surface area contributed by atoms with Crippen LogP contribution in [0.15, 0.2) is 76.0 Å². The van der Waals surface area contributed by atoms with Gasteiger partial charge < -0.3 is 14.1 Å². The van der Waals surface area contributed by atoms with Crippen molar-refractivity contribution in [2.24, 2.45) is 0 Å². The molecule has 40 heavy (non-hydrogen) atoms. The number of ether oxygens (including phenoxy) is 1. The molecule has 1 aliphatic heterocycles. The summed E-state index contributed by atoms with van der Waals surface area (Å²) in [6.45, 7) is 11.9. The van der Waals surface area contributed by atoms with Crippen LogP contribution in [0.1, 0.15) is 43.4 Å². The minimum absolute atomic E-state index is 0.101. The van der Waals surface area contributed by atoms with Crippen LogP contribution >= 0.6 is 0 Å². The summed E-state index contributed by atoms with van der Waals surface area (Å²) >= 11 is 0. The molecule has 0 saturated carbocycles. The summed E-state index contributed by atoms with van der Waals surface area (Å²) in [5.41, 5.74) is 1.90. The Balaban J connectivity index is 1.59. The Kier molecular flexibility index (Phi) is 9.84. The number of furan rings is 1. The second-order valence-electron chi connectivity index (χ2n) is 11.3. The van der Waals surface area contributed by atoms with Gasteiger partial charge in [-0.15, -0.1) is 0 Å². The molecule has 1 aromatic heterocycles. The highest BCUT2D eigenvalue weighted by molar-refractivity contribution is 7.89. The number of hydrogen-bond donors (Lipinski definition) is 0. The predicted molar refractivity (Wildman–Crippen MR) is 155 cm³/mol. The second kappa shape index (κ2) is 13.1. The van der Waals surface area contributed by atoms with Crippen molar-refractivity contribution in [3.8, 4) is 0 Å². The Labute approximate surface area is 238 Å². The number of sulfonamides is 1. The molecule has 0 bridgehead atoms. The fourth-order valence-electron chi connectivity index (χ4n) is 4.68. The number of benzene rings is 2. The van der Waals surface area contributed by atoms with Crippen molar-refractivity contribution in [2.75, 3.05) is 45.9 Å². The van der Waals surface area contributed by atoms with Gasteiger partial charge in [0.25, 0.3) is 0 Å². The van der Waals surface area contributed by atoms with Crippen molar-refractivity contribution < 1.29 is 22.4 Å². The SMILES string of the molecule is Cc1ccc(CN(Cc2ccccc2)C(=O)CN(CCN2CCOCC2)S(=O)(=O)c2ccc(C(C)(C)C)cc2)o1. The van der Waals surface area contributed by atoms with Crippen LogP contribution < -0.4 is 0 Å². The maximum atomic E-state index is 13.9. The average molecular weight is 568 g/mol. The third-order valence-corrected chi connectivity index (χ3v) is 9.01. The lowest BCUT2D eigenvalue weighted by Crippen LogP contribution is -2.47. The molecule has 2 heterocycles. The lowest BCUT2D eigenvalue weighted by Gasteiger charge is -2.31. The molecule has 0 aliphatic carbocycles. The highest BCUT2D eigenvalue weighted by atomic mass is 32.2. The molecule has 4 rings (SSSR count). The highest BCUT2D eigenvalue weighted by Gasteiger charge is 2.30. The summed E-state index contributed by atoms with van der Waals surface area (Å²) in [6.07, 6.45) is 0.